The third-order valence-electron chi connectivity index (χ3n) is 5.10. The van der Waals surface area contributed by atoms with Crippen molar-refractivity contribution in [2.24, 2.45) is 0 Å². The Morgan fingerprint density at radius 1 is 0.500 bits per heavy atom. The van der Waals surface area contributed by atoms with Crippen LogP contribution in [0.1, 0.15) is 40.0 Å². The van der Waals surface area contributed by atoms with Crippen molar-refractivity contribution >= 4 is 36.4 Å². The van der Waals surface area contributed by atoms with Gasteiger partial charge in [-0.2, -0.15) is 0 Å². The van der Waals surface area contributed by atoms with E-state index in [0.717, 1.165) is 0 Å². The van der Waals surface area contributed by atoms with Crippen molar-refractivity contribution in [2.75, 3.05) is 39.6 Å². The molecule has 1 rings (SSSR count). The molecule has 15 nitrogen and oxygen atoms in total. The third kappa shape index (κ3) is 14.7. The van der Waals surface area contributed by atoms with Gasteiger partial charge in [-0.15, -0.1) is 0 Å². The van der Waals surface area contributed by atoms with Crippen LogP contribution >= 0.6 is 0 Å². The molecule has 42 heavy (non-hydrogen) atoms. The van der Waals surface area contributed by atoms with Crippen LogP contribution in [0.25, 0.3) is 0 Å². The van der Waals surface area contributed by atoms with E-state index >= 15 is 0 Å². The summed E-state index contributed by atoms with van der Waals surface area (Å²) in [5, 5.41) is 0. The van der Waals surface area contributed by atoms with E-state index in [1.54, 1.807) is 0 Å². The Bertz CT molecular complexity index is 1030. The van der Waals surface area contributed by atoms with Crippen LogP contribution in [0.5, 0.6) is 0 Å². The van der Waals surface area contributed by atoms with Gasteiger partial charge in [-0.3, -0.25) is 0 Å². The van der Waals surface area contributed by atoms with E-state index in [1.807, 2.05) is 0 Å². The van der Waals surface area contributed by atoms with Crippen molar-refractivity contribution in [3.8, 4) is 0 Å². The van der Waals surface area contributed by atoms with Gasteiger partial charge in [0.1, 0.15) is 58.0 Å². The predicted octanol–water partition coefficient (Wildman–Crippen LogP) is 3.09. The molecule has 1 saturated carbocycles. The zero-order chi connectivity index (χ0) is 31.7. The Kier molecular flexibility index (Phi) is 15.8. The Morgan fingerprint density at radius 2 is 0.833 bits per heavy atom. The van der Waals surface area contributed by atoms with Gasteiger partial charge in [0.2, 0.25) is 0 Å². The van der Waals surface area contributed by atoms with E-state index in [9.17, 15) is 28.8 Å². The van der Waals surface area contributed by atoms with Crippen molar-refractivity contribution in [1.82, 2.24) is 0 Å². The highest BCUT2D eigenvalue weighted by molar-refractivity contribution is 5.87. The molecule has 0 spiro atoms. The number of ether oxygens (including phenoxy) is 9. The van der Waals surface area contributed by atoms with Gasteiger partial charge in [0.25, 0.3) is 0 Å². The molecular formula is C27H36O15. The topological polar surface area (TPSA) is 185 Å². The second kappa shape index (κ2) is 18.7. The first-order chi connectivity index (χ1) is 19.8. The van der Waals surface area contributed by atoms with Crippen LogP contribution in [-0.2, 0) is 57.0 Å². The zero-order valence-electron chi connectivity index (χ0n) is 23.8. The lowest BCUT2D eigenvalue weighted by molar-refractivity contribution is -0.142. The summed E-state index contributed by atoms with van der Waals surface area (Å²) in [5.41, 5.74) is 0.523. The molecule has 0 bridgehead atoms. The minimum absolute atomic E-state index is 0.0854. The monoisotopic (exact) mass is 600 g/mol. The molecule has 1 fully saturated rings. The molecule has 0 aromatic carbocycles. The summed E-state index contributed by atoms with van der Waals surface area (Å²) in [7, 11) is 0. The summed E-state index contributed by atoms with van der Waals surface area (Å²) in [4.78, 5) is 70.6. The highest BCUT2D eigenvalue weighted by atomic mass is 16.8. The van der Waals surface area contributed by atoms with Crippen molar-refractivity contribution in [2.45, 2.75) is 58.3 Å². The van der Waals surface area contributed by atoms with E-state index in [4.69, 9.17) is 42.6 Å². The van der Waals surface area contributed by atoms with Crippen molar-refractivity contribution in [3.05, 3.63) is 36.5 Å². The lowest BCUT2D eigenvalue weighted by Crippen LogP contribution is -2.43. The first-order valence-electron chi connectivity index (χ1n) is 12.8. The smallest absolute Gasteiger partial charge is 0.459 e. The summed E-state index contributed by atoms with van der Waals surface area (Å²) in [6.45, 7) is 13.0. The number of hydrogen-bond donors (Lipinski definition) is 0. The van der Waals surface area contributed by atoms with E-state index < -0.39 is 54.7 Å². The largest absolute Gasteiger partial charge is 0.508 e. The fraction of sp³-hybridized carbons (Fsp3) is 0.556. The molecule has 0 amide bonds. The molecule has 1 aliphatic carbocycles. The van der Waals surface area contributed by atoms with Crippen LogP contribution in [0.4, 0.5) is 14.4 Å². The quantitative estimate of drug-likeness (QED) is 0.115. The summed E-state index contributed by atoms with van der Waals surface area (Å²) in [6, 6.07) is 0. The standard InChI is InChI=1S/C27H36O15/c1-16(2)22(28)34-9-12-37-25(31)40-19-7-8-20(41-26(32)38-13-10-35-23(29)17(3)4)21(15-19)42-27(33)39-14-11-36-24(30)18(5)6/h19-21H,1,3,5,7-15H2,2,4,6H3. The van der Waals surface area contributed by atoms with Crippen molar-refractivity contribution < 1.29 is 71.4 Å². The molecular weight excluding hydrogens is 564 g/mol. The lowest BCUT2D eigenvalue weighted by Gasteiger charge is -2.33. The molecule has 1 aliphatic rings. The Hall–Kier alpha value is -4.56. The van der Waals surface area contributed by atoms with E-state index in [-0.39, 0.29) is 75.6 Å². The molecule has 0 aromatic rings. The van der Waals surface area contributed by atoms with Gasteiger partial charge in [0.15, 0.2) is 0 Å². The Balaban J connectivity index is 2.65. The molecule has 0 radical (unpaired) electrons. The van der Waals surface area contributed by atoms with Gasteiger partial charge in [-0.1, -0.05) is 19.7 Å². The first-order valence-corrected chi connectivity index (χ1v) is 12.8. The molecule has 0 heterocycles. The summed E-state index contributed by atoms with van der Waals surface area (Å²) < 4.78 is 44.9. The highest BCUT2D eigenvalue weighted by Crippen LogP contribution is 2.27. The van der Waals surface area contributed by atoms with Crippen LogP contribution in [0.15, 0.2) is 36.5 Å². The lowest BCUT2D eigenvalue weighted by atomic mass is 9.92. The maximum atomic E-state index is 12.2. The van der Waals surface area contributed by atoms with Gasteiger partial charge >= 0.3 is 36.4 Å². The molecule has 15 heteroatoms. The van der Waals surface area contributed by atoms with Crippen molar-refractivity contribution in [3.63, 3.8) is 0 Å². The second-order valence-electron chi connectivity index (χ2n) is 8.91. The molecule has 3 atom stereocenters. The number of rotatable bonds is 15. The fourth-order valence-electron chi connectivity index (χ4n) is 3.06. The molecule has 0 aromatic heterocycles. The van der Waals surface area contributed by atoms with Gasteiger partial charge in [-0.05, 0) is 33.6 Å². The van der Waals surface area contributed by atoms with Crippen LogP contribution < -0.4 is 0 Å². The van der Waals surface area contributed by atoms with Gasteiger partial charge < -0.3 is 42.6 Å². The van der Waals surface area contributed by atoms with Gasteiger partial charge in [-0.25, -0.2) is 28.8 Å². The SMILES string of the molecule is C=C(C)C(=O)OCCOC(=O)OC1CCC(OC(=O)OCCOC(=O)C(=C)C)C(OC(=O)OCCOC(=O)C(=C)C)C1. The Morgan fingerprint density at radius 3 is 1.21 bits per heavy atom. The minimum atomic E-state index is -1.16. The molecule has 3 unspecified atom stereocenters. The number of carbonyl (C=O) groups is 6. The summed E-state index contributed by atoms with van der Waals surface area (Å²) in [5.74, 6) is -1.96. The van der Waals surface area contributed by atoms with E-state index in [0.29, 0.717) is 0 Å². The molecule has 0 aliphatic heterocycles. The van der Waals surface area contributed by atoms with E-state index in [2.05, 4.69) is 19.7 Å². The van der Waals surface area contributed by atoms with Crippen LogP contribution in [0.3, 0.4) is 0 Å². The maximum absolute atomic E-state index is 12.2. The van der Waals surface area contributed by atoms with Crippen LogP contribution in [0.2, 0.25) is 0 Å². The molecule has 234 valence electrons. The van der Waals surface area contributed by atoms with Gasteiger partial charge in [0, 0.05) is 23.1 Å². The first kappa shape index (κ1) is 35.5. The maximum Gasteiger partial charge on any atom is 0.508 e. The fourth-order valence-corrected chi connectivity index (χ4v) is 3.06. The van der Waals surface area contributed by atoms with E-state index in [1.165, 1.54) is 20.8 Å². The van der Waals surface area contributed by atoms with Crippen LogP contribution in [0, 0.1) is 0 Å². The average molecular weight is 601 g/mol. The van der Waals surface area contributed by atoms with Crippen molar-refractivity contribution in [1.29, 1.82) is 0 Å². The Labute approximate surface area is 242 Å². The minimum Gasteiger partial charge on any atom is -0.459 e. The normalized spacial score (nSPS) is 17.4. The second-order valence-corrected chi connectivity index (χ2v) is 8.91. The average Bonchev–Trinajstić information content (AvgIpc) is 2.92. The highest BCUT2D eigenvalue weighted by Gasteiger charge is 2.38. The molecule has 0 saturated heterocycles. The van der Waals surface area contributed by atoms with Crippen LogP contribution in [-0.4, -0.2) is 94.3 Å². The zero-order valence-corrected chi connectivity index (χ0v) is 23.8. The third-order valence-corrected chi connectivity index (χ3v) is 5.10. The summed E-state index contributed by atoms with van der Waals surface area (Å²) >= 11 is 0. The van der Waals surface area contributed by atoms with Gasteiger partial charge in [0.05, 0.1) is 0 Å². The number of hydrogen-bond acceptors (Lipinski definition) is 15. The number of carbonyl (C=O) groups excluding carboxylic acids is 6. The predicted molar refractivity (Wildman–Crippen MR) is 140 cm³/mol. The summed E-state index contributed by atoms with van der Waals surface area (Å²) in [6.07, 6.45) is -6.12. The molecule has 0 N–H and O–H groups in total. The number of esters is 3.